The molecule has 0 amide bonds. The Labute approximate surface area is 155 Å². The van der Waals surface area contributed by atoms with Gasteiger partial charge in [-0.25, -0.2) is 9.38 Å². The van der Waals surface area contributed by atoms with Crippen molar-refractivity contribution in [3.8, 4) is 5.75 Å². The standard InChI is InChI=1S/C20H29FN4O/c1-3-22-20(25-12-9-17(15-25)24-10-5-6-11-24)23-14-16-7-8-19(26-4-2)18(21)13-16/h5-8,13,17H,3-4,9-12,14-15H2,1-2H3,(H,22,23). The van der Waals surface area contributed by atoms with Gasteiger partial charge in [0, 0.05) is 38.8 Å². The van der Waals surface area contributed by atoms with Crippen molar-refractivity contribution >= 4 is 5.96 Å². The van der Waals surface area contributed by atoms with Crippen LogP contribution in [0.2, 0.25) is 0 Å². The lowest BCUT2D eigenvalue weighted by Crippen LogP contribution is -2.42. The molecule has 3 rings (SSSR count). The van der Waals surface area contributed by atoms with Gasteiger partial charge in [-0.05, 0) is 38.0 Å². The number of ether oxygens (including phenoxy) is 1. The number of halogens is 1. The van der Waals surface area contributed by atoms with Gasteiger partial charge in [-0.3, -0.25) is 4.90 Å². The van der Waals surface area contributed by atoms with E-state index in [-0.39, 0.29) is 5.82 Å². The fourth-order valence-electron chi connectivity index (χ4n) is 3.53. The van der Waals surface area contributed by atoms with Crippen LogP contribution in [0.4, 0.5) is 4.39 Å². The molecule has 0 radical (unpaired) electrons. The third-order valence-corrected chi connectivity index (χ3v) is 4.87. The smallest absolute Gasteiger partial charge is 0.194 e. The molecule has 26 heavy (non-hydrogen) atoms. The molecule has 1 aromatic carbocycles. The molecule has 1 saturated heterocycles. The molecule has 0 aromatic heterocycles. The molecule has 142 valence electrons. The Hall–Kier alpha value is -2.08. The quantitative estimate of drug-likeness (QED) is 0.481. The van der Waals surface area contributed by atoms with Crippen molar-refractivity contribution in [3.63, 3.8) is 0 Å². The maximum atomic E-state index is 14.0. The van der Waals surface area contributed by atoms with Crippen LogP contribution >= 0.6 is 0 Å². The van der Waals surface area contributed by atoms with E-state index in [1.165, 1.54) is 6.07 Å². The highest BCUT2D eigenvalue weighted by atomic mass is 19.1. The summed E-state index contributed by atoms with van der Waals surface area (Å²) in [6.45, 7) is 9.76. The van der Waals surface area contributed by atoms with Crippen LogP contribution in [-0.4, -0.2) is 61.1 Å². The lowest BCUT2D eigenvalue weighted by atomic mass is 10.2. The van der Waals surface area contributed by atoms with E-state index >= 15 is 0 Å². The number of guanidine groups is 1. The first-order chi connectivity index (χ1) is 12.7. The van der Waals surface area contributed by atoms with Gasteiger partial charge in [0.1, 0.15) is 0 Å². The lowest BCUT2D eigenvalue weighted by molar-refractivity contribution is 0.259. The van der Waals surface area contributed by atoms with Crippen LogP contribution < -0.4 is 10.1 Å². The van der Waals surface area contributed by atoms with Crippen molar-refractivity contribution in [1.82, 2.24) is 15.1 Å². The largest absolute Gasteiger partial charge is 0.491 e. The van der Waals surface area contributed by atoms with Gasteiger partial charge in [0.25, 0.3) is 0 Å². The number of hydrogen-bond acceptors (Lipinski definition) is 3. The van der Waals surface area contributed by atoms with Gasteiger partial charge < -0.3 is 15.0 Å². The molecule has 2 aliphatic rings. The number of nitrogens with zero attached hydrogens (tertiary/aromatic N) is 3. The van der Waals surface area contributed by atoms with E-state index in [1.54, 1.807) is 6.07 Å². The maximum Gasteiger partial charge on any atom is 0.194 e. The molecule has 6 heteroatoms. The molecule has 1 unspecified atom stereocenters. The Kier molecular flexibility index (Phi) is 6.50. The van der Waals surface area contributed by atoms with E-state index in [0.29, 0.717) is 24.9 Å². The summed E-state index contributed by atoms with van der Waals surface area (Å²) < 4.78 is 19.3. The van der Waals surface area contributed by atoms with Crippen LogP contribution in [0.25, 0.3) is 0 Å². The number of benzene rings is 1. The zero-order valence-electron chi connectivity index (χ0n) is 15.7. The predicted molar refractivity (Wildman–Crippen MR) is 103 cm³/mol. The van der Waals surface area contributed by atoms with Crippen LogP contribution in [-0.2, 0) is 6.54 Å². The number of likely N-dealkylation sites (tertiary alicyclic amines) is 1. The summed E-state index contributed by atoms with van der Waals surface area (Å²) >= 11 is 0. The molecule has 1 aromatic rings. The van der Waals surface area contributed by atoms with Crippen LogP contribution in [0.3, 0.4) is 0 Å². The predicted octanol–water partition coefficient (Wildman–Crippen LogP) is 2.64. The van der Waals surface area contributed by atoms with Gasteiger partial charge in [-0.1, -0.05) is 18.2 Å². The summed E-state index contributed by atoms with van der Waals surface area (Å²) in [5.41, 5.74) is 0.848. The number of hydrogen-bond donors (Lipinski definition) is 1. The van der Waals surface area contributed by atoms with Crippen molar-refractivity contribution in [2.75, 3.05) is 39.3 Å². The van der Waals surface area contributed by atoms with E-state index in [1.807, 2.05) is 13.0 Å². The van der Waals surface area contributed by atoms with Crippen molar-refractivity contribution in [2.24, 2.45) is 4.99 Å². The fourth-order valence-corrected chi connectivity index (χ4v) is 3.53. The van der Waals surface area contributed by atoms with Gasteiger partial charge in [-0.15, -0.1) is 0 Å². The summed E-state index contributed by atoms with van der Waals surface area (Å²) in [5.74, 6) is 0.887. The number of aliphatic imine (C=N–C) groups is 1. The van der Waals surface area contributed by atoms with Gasteiger partial charge in [0.05, 0.1) is 13.2 Å². The summed E-state index contributed by atoms with van der Waals surface area (Å²) in [6, 6.07) is 5.66. The molecule has 1 N–H and O–H groups in total. The lowest BCUT2D eigenvalue weighted by Gasteiger charge is -2.25. The van der Waals surface area contributed by atoms with E-state index in [0.717, 1.165) is 50.7 Å². The highest BCUT2D eigenvalue weighted by Gasteiger charge is 2.29. The van der Waals surface area contributed by atoms with E-state index < -0.39 is 0 Å². The van der Waals surface area contributed by atoms with Crippen LogP contribution in [0, 0.1) is 5.82 Å². The van der Waals surface area contributed by atoms with Crippen molar-refractivity contribution < 1.29 is 9.13 Å². The third-order valence-electron chi connectivity index (χ3n) is 4.87. The van der Waals surface area contributed by atoms with Gasteiger partial charge >= 0.3 is 0 Å². The topological polar surface area (TPSA) is 40.1 Å². The number of nitrogens with one attached hydrogen (secondary N) is 1. The average Bonchev–Trinajstić information content (AvgIpc) is 3.32. The molecule has 2 aliphatic heterocycles. The Morgan fingerprint density at radius 1 is 1.31 bits per heavy atom. The Balaban J connectivity index is 1.63. The average molecular weight is 360 g/mol. The molecule has 0 saturated carbocycles. The molecular weight excluding hydrogens is 331 g/mol. The summed E-state index contributed by atoms with van der Waals surface area (Å²) in [4.78, 5) is 9.56. The first-order valence-electron chi connectivity index (χ1n) is 9.54. The molecule has 0 spiro atoms. The molecule has 1 fully saturated rings. The third kappa shape index (κ3) is 4.55. The summed E-state index contributed by atoms with van der Waals surface area (Å²) in [7, 11) is 0. The van der Waals surface area contributed by atoms with Gasteiger partial charge in [0.2, 0.25) is 0 Å². The minimum Gasteiger partial charge on any atom is -0.491 e. The van der Waals surface area contributed by atoms with Crippen molar-refractivity contribution in [2.45, 2.75) is 32.9 Å². The SMILES string of the molecule is CCNC(=NCc1ccc(OCC)c(F)c1)N1CCC(N2CC=CC2)C1. The molecule has 0 bridgehead atoms. The van der Waals surface area contributed by atoms with Gasteiger partial charge in [-0.2, -0.15) is 0 Å². The van der Waals surface area contributed by atoms with E-state index in [4.69, 9.17) is 9.73 Å². The van der Waals surface area contributed by atoms with Crippen LogP contribution in [0.5, 0.6) is 5.75 Å². The summed E-state index contributed by atoms with van der Waals surface area (Å²) in [6.07, 6.45) is 5.63. The first-order valence-corrected chi connectivity index (χ1v) is 9.54. The number of rotatable bonds is 6. The molecule has 1 atom stereocenters. The Morgan fingerprint density at radius 3 is 2.81 bits per heavy atom. The van der Waals surface area contributed by atoms with Crippen molar-refractivity contribution in [3.05, 3.63) is 41.7 Å². The minimum absolute atomic E-state index is 0.300. The molecule has 0 aliphatic carbocycles. The van der Waals surface area contributed by atoms with Crippen LogP contribution in [0.15, 0.2) is 35.3 Å². The van der Waals surface area contributed by atoms with Crippen molar-refractivity contribution in [1.29, 1.82) is 0 Å². The van der Waals surface area contributed by atoms with Gasteiger partial charge in [0.15, 0.2) is 17.5 Å². The van der Waals surface area contributed by atoms with E-state index in [9.17, 15) is 4.39 Å². The molecule has 5 nitrogen and oxygen atoms in total. The fraction of sp³-hybridized carbons (Fsp3) is 0.550. The highest BCUT2D eigenvalue weighted by Crippen LogP contribution is 2.20. The summed E-state index contributed by atoms with van der Waals surface area (Å²) in [5, 5.41) is 3.38. The zero-order valence-corrected chi connectivity index (χ0v) is 15.7. The Bertz CT molecular complexity index is 653. The molecular formula is C20H29FN4O. The second-order valence-electron chi connectivity index (χ2n) is 6.68. The zero-order chi connectivity index (χ0) is 18.4. The van der Waals surface area contributed by atoms with E-state index in [2.05, 4.69) is 34.2 Å². The maximum absolute atomic E-state index is 14.0. The Morgan fingerprint density at radius 2 is 2.12 bits per heavy atom. The molecule has 2 heterocycles. The van der Waals surface area contributed by atoms with Crippen LogP contribution in [0.1, 0.15) is 25.8 Å². The second-order valence-corrected chi connectivity index (χ2v) is 6.68. The first kappa shape index (κ1) is 18.7. The highest BCUT2D eigenvalue weighted by molar-refractivity contribution is 5.80. The normalized spacial score (nSPS) is 20.8. The second kappa shape index (κ2) is 9.03. The minimum atomic E-state index is -0.327. The monoisotopic (exact) mass is 360 g/mol.